The Bertz CT molecular complexity index is 507. The molecule has 21 heavy (non-hydrogen) atoms. The minimum Gasteiger partial charge on any atom is -0.489 e. The molecule has 2 rings (SSSR count). The molecule has 0 unspecified atom stereocenters. The largest absolute Gasteiger partial charge is 0.489 e. The minimum absolute atomic E-state index is 0.101. The number of carbonyl (C=O) groups is 1. The number of alkyl halides is 4. The van der Waals surface area contributed by atoms with Crippen molar-refractivity contribution < 1.29 is 22.7 Å². The third kappa shape index (κ3) is 4.27. The molecule has 0 N–H and O–H groups in total. The number of ether oxygens (including phenoxy) is 1. The summed E-state index contributed by atoms with van der Waals surface area (Å²) in [6.45, 7) is 0.954. The minimum atomic E-state index is -4.40. The molecule has 1 fully saturated rings. The van der Waals surface area contributed by atoms with E-state index >= 15 is 0 Å². The van der Waals surface area contributed by atoms with Crippen molar-refractivity contribution in [3.63, 3.8) is 0 Å². The highest BCUT2D eigenvalue weighted by molar-refractivity contribution is 6.27. The Morgan fingerprint density at radius 3 is 2.86 bits per heavy atom. The molecule has 0 spiro atoms. The van der Waals surface area contributed by atoms with Crippen molar-refractivity contribution in [1.82, 2.24) is 4.90 Å². The first kappa shape index (κ1) is 15.9. The van der Waals surface area contributed by atoms with E-state index in [1.807, 2.05) is 0 Å². The fraction of sp³-hybridized carbons (Fsp3) is 0.500. The molecule has 7 heteroatoms. The lowest BCUT2D eigenvalue weighted by molar-refractivity contribution is -0.137. The maximum Gasteiger partial charge on any atom is 0.416 e. The van der Waals surface area contributed by atoms with Crippen molar-refractivity contribution in [2.75, 3.05) is 19.0 Å². The number of piperidine rings is 1. The van der Waals surface area contributed by atoms with Gasteiger partial charge in [0.1, 0.15) is 17.7 Å². The van der Waals surface area contributed by atoms with E-state index in [9.17, 15) is 18.0 Å². The molecule has 116 valence electrons. The summed E-state index contributed by atoms with van der Waals surface area (Å²) in [6.07, 6.45) is -3.27. The number of benzene rings is 1. The molecule has 1 aromatic carbocycles. The summed E-state index contributed by atoms with van der Waals surface area (Å²) in [5.74, 6) is -0.125. The lowest BCUT2D eigenvalue weighted by atomic mass is 10.1. The van der Waals surface area contributed by atoms with Gasteiger partial charge in [-0.3, -0.25) is 4.79 Å². The maximum absolute atomic E-state index is 12.6. The van der Waals surface area contributed by atoms with Crippen LogP contribution in [0.3, 0.4) is 0 Å². The van der Waals surface area contributed by atoms with Gasteiger partial charge in [-0.25, -0.2) is 0 Å². The number of likely N-dealkylation sites (tertiary alicyclic amines) is 1. The highest BCUT2D eigenvalue weighted by Crippen LogP contribution is 2.31. The number of carbonyl (C=O) groups excluding carboxylic acids is 1. The van der Waals surface area contributed by atoms with E-state index in [-0.39, 0.29) is 23.6 Å². The normalized spacial score (nSPS) is 19.4. The molecule has 1 aromatic rings. The Morgan fingerprint density at radius 1 is 1.43 bits per heavy atom. The molecule has 1 aliphatic heterocycles. The number of hydrogen-bond acceptors (Lipinski definition) is 2. The van der Waals surface area contributed by atoms with Crippen LogP contribution in [-0.4, -0.2) is 35.9 Å². The van der Waals surface area contributed by atoms with Crippen LogP contribution in [0.5, 0.6) is 5.75 Å². The van der Waals surface area contributed by atoms with E-state index in [0.717, 1.165) is 18.6 Å². The van der Waals surface area contributed by atoms with Crippen molar-refractivity contribution in [2.45, 2.75) is 25.1 Å². The fourth-order valence-corrected chi connectivity index (χ4v) is 2.45. The first-order valence-electron chi connectivity index (χ1n) is 6.58. The van der Waals surface area contributed by atoms with Crippen LogP contribution < -0.4 is 4.74 Å². The van der Waals surface area contributed by atoms with Gasteiger partial charge in [0.2, 0.25) is 5.91 Å². The van der Waals surface area contributed by atoms with E-state index in [2.05, 4.69) is 0 Å². The second-order valence-electron chi connectivity index (χ2n) is 4.88. The smallest absolute Gasteiger partial charge is 0.416 e. The van der Waals surface area contributed by atoms with Crippen molar-refractivity contribution in [3.05, 3.63) is 29.8 Å². The average molecular weight is 322 g/mol. The van der Waals surface area contributed by atoms with Crippen LogP contribution in [0.2, 0.25) is 0 Å². The van der Waals surface area contributed by atoms with Crippen LogP contribution in [-0.2, 0) is 11.0 Å². The molecule has 0 bridgehead atoms. The lowest BCUT2D eigenvalue weighted by Gasteiger charge is -2.32. The number of halogens is 4. The van der Waals surface area contributed by atoms with Gasteiger partial charge < -0.3 is 9.64 Å². The Balaban J connectivity index is 2.03. The van der Waals surface area contributed by atoms with Crippen molar-refractivity contribution >= 4 is 17.5 Å². The van der Waals surface area contributed by atoms with Crippen LogP contribution in [0.25, 0.3) is 0 Å². The zero-order valence-electron chi connectivity index (χ0n) is 11.2. The van der Waals surface area contributed by atoms with Gasteiger partial charge in [-0.15, -0.1) is 11.6 Å². The molecule has 1 amide bonds. The van der Waals surface area contributed by atoms with E-state index < -0.39 is 11.7 Å². The molecule has 1 heterocycles. The third-order valence-corrected chi connectivity index (χ3v) is 3.54. The molecular weight excluding hydrogens is 307 g/mol. The third-order valence-electron chi connectivity index (χ3n) is 3.31. The van der Waals surface area contributed by atoms with Crippen LogP contribution in [0.1, 0.15) is 18.4 Å². The molecule has 0 saturated carbocycles. The SMILES string of the molecule is O=C(CCl)N1CCC[C@@H](Oc2cccc(C(F)(F)F)c2)C1. The summed E-state index contributed by atoms with van der Waals surface area (Å²) in [5.41, 5.74) is -0.746. The molecule has 0 aromatic heterocycles. The van der Waals surface area contributed by atoms with Gasteiger partial charge in [0.05, 0.1) is 12.1 Å². The van der Waals surface area contributed by atoms with Gasteiger partial charge in [-0.2, -0.15) is 13.2 Å². The Morgan fingerprint density at radius 2 is 2.19 bits per heavy atom. The van der Waals surface area contributed by atoms with Gasteiger partial charge in [-0.05, 0) is 31.0 Å². The topological polar surface area (TPSA) is 29.5 Å². The van der Waals surface area contributed by atoms with Gasteiger partial charge in [0.25, 0.3) is 0 Å². The second-order valence-corrected chi connectivity index (χ2v) is 5.15. The zero-order valence-corrected chi connectivity index (χ0v) is 12.0. The molecule has 0 radical (unpaired) electrons. The van der Waals surface area contributed by atoms with Crippen LogP contribution in [0.15, 0.2) is 24.3 Å². The number of hydrogen-bond donors (Lipinski definition) is 0. The van der Waals surface area contributed by atoms with Crippen LogP contribution >= 0.6 is 11.6 Å². The number of rotatable bonds is 3. The maximum atomic E-state index is 12.6. The van der Waals surface area contributed by atoms with E-state index in [1.165, 1.54) is 12.1 Å². The Labute approximate surface area is 125 Å². The average Bonchev–Trinajstić information content (AvgIpc) is 2.46. The quantitative estimate of drug-likeness (QED) is 0.799. The number of amides is 1. The highest BCUT2D eigenvalue weighted by atomic mass is 35.5. The van der Waals surface area contributed by atoms with Crippen LogP contribution in [0, 0.1) is 0 Å². The molecule has 3 nitrogen and oxygen atoms in total. The number of nitrogens with zero attached hydrogens (tertiary/aromatic N) is 1. The molecule has 1 saturated heterocycles. The summed E-state index contributed by atoms with van der Waals surface area (Å²) < 4.78 is 43.5. The fourth-order valence-electron chi connectivity index (χ4n) is 2.28. The Hall–Kier alpha value is -1.43. The first-order valence-corrected chi connectivity index (χ1v) is 7.11. The van der Waals surface area contributed by atoms with Gasteiger partial charge >= 0.3 is 6.18 Å². The predicted octanol–water partition coefficient (Wildman–Crippen LogP) is 3.31. The summed E-state index contributed by atoms with van der Waals surface area (Å²) in [5, 5.41) is 0. The highest BCUT2D eigenvalue weighted by Gasteiger charge is 2.31. The lowest BCUT2D eigenvalue weighted by Crippen LogP contribution is -2.44. The summed E-state index contributed by atoms with van der Waals surface area (Å²) in [6, 6.07) is 4.76. The molecule has 0 aliphatic carbocycles. The molecule has 1 aliphatic rings. The molecular formula is C14H15ClF3NO2. The van der Waals surface area contributed by atoms with Crippen LogP contribution in [0.4, 0.5) is 13.2 Å². The second kappa shape index (κ2) is 6.56. The van der Waals surface area contributed by atoms with Crippen molar-refractivity contribution in [3.8, 4) is 5.75 Å². The van der Waals surface area contributed by atoms with Crippen molar-refractivity contribution in [1.29, 1.82) is 0 Å². The van der Waals surface area contributed by atoms with Gasteiger partial charge in [0, 0.05) is 6.54 Å². The van der Waals surface area contributed by atoms with Gasteiger partial charge in [-0.1, -0.05) is 6.07 Å². The van der Waals surface area contributed by atoms with Crippen molar-refractivity contribution in [2.24, 2.45) is 0 Å². The zero-order chi connectivity index (χ0) is 15.5. The first-order chi connectivity index (χ1) is 9.90. The molecule has 1 atom stereocenters. The Kier molecular flexibility index (Phi) is 4.98. The summed E-state index contributed by atoms with van der Waals surface area (Å²) >= 11 is 5.51. The predicted molar refractivity (Wildman–Crippen MR) is 72.4 cm³/mol. The monoisotopic (exact) mass is 321 g/mol. The standard InChI is InChI=1S/C14H15ClF3NO2/c15-8-13(20)19-6-2-5-12(9-19)21-11-4-1-3-10(7-11)14(16,17)18/h1,3-4,7,12H,2,5-6,8-9H2/t12-/m1/s1. The van der Waals surface area contributed by atoms with E-state index in [0.29, 0.717) is 19.5 Å². The summed E-state index contributed by atoms with van der Waals surface area (Å²) in [4.78, 5) is 13.1. The van der Waals surface area contributed by atoms with E-state index in [4.69, 9.17) is 16.3 Å². The van der Waals surface area contributed by atoms with E-state index in [1.54, 1.807) is 4.90 Å². The summed E-state index contributed by atoms with van der Waals surface area (Å²) in [7, 11) is 0. The van der Waals surface area contributed by atoms with Gasteiger partial charge in [0.15, 0.2) is 0 Å².